The third-order valence-corrected chi connectivity index (χ3v) is 6.39. The molecule has 0 aliphatic rings. The molecule has 2 aromatic rings. The summed E-state index contributed by atoms with van der Waals surface area (Å²) in [5.74, 6) is 0. The molecule has 8 nitrogen and oxygen atoms in total. The molecule has 0 amide bonds. The topological polar surface area (TPSA) is 104 Å². The molecule has 1 aromatic heterocycles. The zero-order valence-electron chi connectivity index (χ0n) is 16.6. The highest BCUT2D eigenvalue weighted by molar-refractivity contribution is 8.13. The van der Waals surface area contributed by atoms with Crippen molar-refractivity contribution in [2.24, 2.45) is 0 Å². The molecule has 0 atom stereocenters. The van der Waals surface area contributed by atoms with E-state index < -0.39 is 31.1 Å². The fourth-order valence-corrected chi connectivity index (χ4v) is 3.80. The minimum absolute atomic E-state index is 0.778. The van der Waals surface area contributed by atoms with Gasteiger partial charge in [0.1, 0.15) is 5.69 Å². The quantitative estimate of drug-likeness (QED) is 0.305. The number of hydrogen-bond acceptors (Lipinski definition) is 5. The fraction of sp³-hybridized carbons (Fsp3) is 0.500. The van der Waals surface area contributed by atoms with E-state index in [1.54, 1.807) is 0 Å². The molecule has 0 aliphatic carbocycles. The molecule has 0 fully saturated rings. The van der Waals surface area contributed by atoms with Crippen molar-refractivity contribution in [3.05, 3.63) is 47.1 Å². The van der Waals surface area contributed by atoms with Crippen LogP contribution in [0.4, 0.5) is 26.3 Å². The average Bonchev–Trinajstić information content (AvgIpc) is 3.13. The Hall–Kier alpha value is -2.20. The zero-order chi connectivity index (χ0) is 24.6. The van der Waals surface area contributed by atoms with Gasteiger partial charge in [-0.05, 0) is 18.6 Å². The van der Waals surface area contributed by atoms with Crippen molar-refractivity contribution in [3.8, 4) is 5.69 Å². The van der Waals surface area contributed by atoms with Gasteiger partial charge in [0.25, 0.3) is 6.33 Å². The number of aryl methyl sites for hydroxylation is 1. The van der Waals surface area contributed by atoms with Gasteiger partial charge < -0.3 is 4.13 Å². The molecule has 0 bridgehead atoms. The molecule has 1 heterocycles. The van der Waals surface area contributed by atoms with E-state index >= 15 is 0 Å². The Morgan fingerprint density at radius 2 is 1.44 bits per heavy atom. The van der Waals surface area contributed by atoms with E-state index in [1.807, 2.05) is 29.2 Å². The number of unbranched alkanes of at least 4 members (excludes halogenated alkanes) is 3. The lowest BCUT2D eigenvalue weighted by molar-refractivity contribution is -0.697. The maximum Gasteiger partial charge on any atom is 0.480 e. The van der Waals surface area contributed by atoms with E-state index in [4.69, 9.17) is 0 Å². The Labute approximate surface area is 181 Å². The highest BCUT2D eigenvalue weighted by Crippen LogP contribution is 2.36. The second-order valence-electron chi connectivity index (χ2n) is 6.24. The molecule has 2 rings (SSSR count). The summed E-state index contributed by atoms with van der Waals surface area (Å²) in [6.07, 6.45) is 9.11. The van der Waals surface area contributed by atoms with Gasteiger partial charge in [-0.2, -0.15) is 26.3 Å². The van der Waals surface area contributed by atoms with Crippen LogP contribution in [0.5, 0.6) is 0 Å². The van der Waals surface area contributed by atoms with Gasteiger partial charge in [-0.15, -0.1) is 0 Å². The number of hydrogen-bond donors (Lipinski definition) is 0. The first-order valence-electron chi connectivity index (χ1n) is 8.96. The summed E-state index contributed by atoms with van der Waals surface area (Å²) < 4.78 is 113. The highest BCUT2D eigenvalue weighted by Gasteiger charge is 2.46. The molecular formula is C16H20F6N4O4S2. The predicted octanol–water partition coefficient (Wildman–Crippen LogP) is 3.80. The van der Waals surface area contributed by atoms with Crippen LogP contribution >= 0.6 is 0 Å². The van der Waals surface area contributed by atoms with Crippen molar-refractivity contribution in [3.63, 3.8) is 0 Å². The minimum atomic E-state index is -6.72. The van der Waals surface area contributed by atoms with Crippen molar-refractivity contribution < 1.29 is 47.7 Å². The van der Waals surface area contributed by atoms with Crippen LogP contribution in [-0.4, -0.2) is 37.6 Å². The van der Waals surface area contributed by atoms with E-state index in [0.717, 1.165) is 16.4 Å². The molecular weight excluding hydrogens is 490 g/mol. The van der Waals surface area contributed by atoms with Crippen LogP contribution in [0.2, 0.25) is 0 Å². The second kappa shape index (κ2) is 11.1. The Balaban J connectivity index is 0.000000324. The summed E-state index contributed by atoms with van der Waals surface area (Å²) in [4.78, 5) is 0. The maximum atomic E-state index is 11.4. The smallest absolute Gasteiger partial charge is 0.421 e. The third kappa shape index (κ3) is 8.38. The van der Waals surface area contributed by atoms with Crippen LogP contribution in [0.3, 0.4) is 0 Å². The average molecular weight is 510 g/mol. The van der Waals surface area contributed by atoms with E-state index in [2.05, 4.69) is 35.0 Å². The standard InChI is InChI=1S/C14H20N3.C2F6NO4S2/c1-2-3-4-8-11-16-12-15-17(13-16)14-9-6-5-7-10-14;3-1(4,5)14(10,11)9-15(12,13)2(6,7)8/h5-7,9-10,12-13H,2-4,8,11H2,1H3;/q+1;-1. The normalized spacial score (nSPS) is 12.8. The Morgan fingerprint density at radius 1 is 0.906 bits per heavy atom. The molecule has 0 saturated carbocycles. The van der Waals surface area contributed by atoms with Gasteiger partial charge in [0.15, 0.2) is 20.0 Å². The van der Waals surface area contributed by atoms with Gasteiger partial charge >= 0.3 is 11.0 Å². The number of benzene rings is 1. The lowest BCUT2D eigenvalue weighted by Crippen LogP contribution is -2.30. The predicted molar refractivity (Wildman–Crippen MR) is 101 cm³/mol. The molecule has 182 valence electrons. The zero-order valence-corrected chi connectivity index (χ0v) is 18.2. The number of halogens is 6. The van der Waals surface area contributed by atoms with Gasteiger partial charge in [-0.1, -0.05) is 49.1 Å². The lowest BCUT2D eigenvalue weighted by Gasteiger charge is -2.22. The fourth-order valence-electron chi connectivity index (χ4n) is 2.09. The van der Waals surface area contributed by atoms with Crippen LogP contribution in [0.15, 0.2) is 43.0 Å². The van der Waals surface area contributed by atoms with Gasteiger partial charge in [-0.25, -0.2) is 21.4 Å². The largest absolute Gasteiger partial charge is 0.480 e. The number of sulfonamides is 2. The highest BCUT2D eigenvalue weighted by atomic mass is 32.3. The van der Waals surface area contributed by atoms with Gasteiger partial charge in [0.05, 0.1) is 6.54 Å². The molecule has 0 N–H and O–H groups in total. The van der Waals surface area contributed by atoms with E-state index in [1.165, 1.54) is 25.7 Å². The first kappa shape index (κ1) is 27.8. The Morgan fingerprint density at radius 3 is 1.91 bits per heavy atom. The summed E-state index contributed by atoms with van der Waals surface area (Å²) in [6, 6.07) is 10.2. The second-order valence-corrected chi connectivity index (χ2v) is 9.66. The molecule has 0 aliphatic heterocycles. The molecule has 16 heteroatoms. The summed E-state index contributed by atoms with van der Waals surface area (Å²) in [6.45, 7) is 3.30. The van der Waals surface area contributed by atoms with Crippen molar-refractivity contribution in [1.29, 1.82) is 0 Å². The van der Waals surface area contributed by atoms with Gasteiger partial charge in [0, 0.05) is 5.10 Å². The molecule has 32 heavy (non-hydrogen) atoms. The molecule has 0 radical (unpaired) electrons. The van der Waals surface area contributed by atoms with E-state index in [-0.39, 0.29) is 0 Å². The van der Waals surface area contributed by atoms with Crippen molar-refractivity contribution in [2.75, 3.05) is 0 Å². The van der Waals surface area contributed by atoms with Crippen LogP contribution in [0, 0.1) is 0 Å². The van der Waals surface area contributed by atoms with Crippen LogP contribution in [-0.2, 0) is 26.6 Å². The van der Waals surface area contributed by atoms with Gasteiger partial charge in [0.2, 0.25) is 6.33 Å². The first-order chi connectivity index (χ1) is 14.6. The molecule has 0 unspecified atom stereocenters. The lowest BCUT2D eigenvalue weighted by atomic mass is 10.2. The summed E-state index contributed by atoms with van der Waals surface area (Å²) in [5, 5.41) is 4.36. The van der Waals surface area contributed by atoms with Crippen molar-refractivity contribution in [2.45, 2.75) is 50.2 Å². The van der Waals surface area contributed by atoms with Crippen LogP contribution < -0.4 is 4.57 Å². The van der Waals surface area contributed by atoms with Crippen molar-refractivity contribution in [1.82, 2.24) is 9.78 Å². The van der Waals surface area contributed by atoms with E-state index in [9.17, 15) is 43.2 Å². The van der Waals surface area contributed by atoms with Gasteiger partial charge in [-0.3, -0.25) is 0 Å². The summed E-state index contributed by atoms with van der Waals surface area (Å²) in [5.41, 5.74) is -11.3. The number of para-hydroxylation sites is 1. The number of aromatic nitrogens is 3. The molecule has 1 aromatic carbocycles. The maximum absolute atomic E-state index is 11.4. The number of rotatable bonds is 8. The summed E-state index contributed by atoms with van der Waals surface area (Å²) in [7, 11) is -13.4. The summed E-state index contributed by atoms with van der Waals surface area (Å²) >= 11 is 0. The minimum Gasteiger partial charge on any atom is -0.421 e. The SMILES string of the molecule is CCCCCC[n+]1cnn(-c2ccccc2)c1.O=S(=O)([N-]S(=O)(=O)C(F)(F)F)C(F)(F)F. The molecule has 0 saturated heterocycles. The van der Waals surface area contributed by atoms with Crippen LogP contribution in [0.1, 0.15) is 32.6 Å². The third-order valence-electron chi connectivity index (χ3n) is 3.65. The van der Waals surface area contributed by atoms with E-state index in [0.29, 0.717) is 0 Å². The van der Waals surface area contributed by atoms with Crippen LogP contribution in [0.25, 0.3) is 9.81 Å². The Bertz CT molecular complexity index is 1010. The number of nitrogens with zero attached hydrogens (tertiary/aromatic N) is 4. The molecule has 0 spiro atoms. The Kier molecular flexibility index (Phi) is 9.65. The number of alkyl halides is 6. The monoisotopic (exact) mass is 510 g/mol. The first-order valence-corrected chi connectivity index (χ1v) is 11.8. The van der Waals surface area contributed by atoms with Crippen molar-refractivity contribution >= 4 is 20.0 Å².